The van der Waals surface area contributed by atoms with Gasteiger partial charge >= 0.3 is 0 Å². The zero-order valence-electron chi connectivity index (χ0n) is 12.8. The molecule has 3 atom stereocenters. The van der Waals surface area contributed by atoms with Crippen molar-refractivity contribution in [1.82, 2.24) is 4.90 Å². The van der Waals surface area contributed by atoms with Crippen LogP contribution in [0.5, 0.6) is 0 Å². The Balaban J connectivity index is 1.83. The average molecular weight is 292 g/mol. The summed E-state index contributed by atoms with van der Waals surface area (Å²) in [5.74, 6) is 0.312. The van der Waals surface area contributed by atoms with Crippen molar-refractivity contribution in [3.63, 3.8) is 0 Å². The summed E-state index contributed by atoms with van der Waals surface area (Å²) in [6, 6.07) is 9.16. The molecule has 3 heterocycles. The third-order valence-electron chi connectivity index (χ3n) is 6.37. The number of aldehydes is 1. The SMILES string of the molecule is C/C=C1/CN2CCC34C(=C(C=O)C1CC23)Nc1ccccc14. The quantitative estimate of drug-likeness (QED) is 0.638. The normalized spacial score (nSPS) is 37.0. The van der Waals surface area contributed by atoms with Crippen molar-refractivity contribution in [3.8, 4) is 0 Å². The Labute approximate surface area is 130 Å². The molecule has 1 aliphatic carbocycles. The molecule has 2 bridgehead atoms. The molecule has 3 aliphatic heterocycles. The van der Waals surface area contributed by atoms with Gasteiger partial charge in [0.1, 0.15) is 6.29 Å². The lowest BCUT2D eigenvalue weighted by atomic mass is 9.62. The number of hydrogen-bond acceptors (Lipinski definition) is 3. The first-order valence-corrected chi connectivity index (χ1v) is 8.25. The van der Waals surface area contributed by atoms with E-state index in [0.717, 1.165) is 37.8 Å². The Kier molecular flexibility index (Phi) is 2.36. The summed E-state index contributed by atoms with van der Waals surface area (Å²) in [7, 11) is 0. The van der Waals surface area contributed by atoms with E-state index in [1.807, 2.05) is 0 Å². The van der Waals surface area contributed by atoms with Crippen LogP contribution in [0.1, 0.15) is 25.3 Å². The second kappa shape index (κ2) is 4.11. The van der Waals surface area contributed by atoms with Crippen molar-refractivity contribution in [1.29, 1.82) is 0 Å². The van der Waals surface area contributed by atoms with E-state index in [2.05, 4.69) is 47.5 Å². The molecule has 0 aromatic heterocycles. The standard InChI is InChI=1S/C19H20N2O/c1-2-12-10-21-8-7-19-15-5-3-4-6-16(15)20-18(19)14(11-22)13(12)9-17(19)21/h2-6,11,13,17,20H,7-10H2,1H3/b12-2-. The number of carbonyl (C=O) groups is 1. The van der Waals surface area contributed by atoms with Crippen molar-refractivity contribution in [2.75, 3.05) is 18.4 Å². The highest BCUT2D eigenvalue weighted by Crippen LogP contribution is 2.60. The van der Waals surface area contributed by atoms with E-state index in [1.165, 1.54) is 22.5 Å². The van der Waals surface area contributed by atoms with Crippen LogP contribution in [0.3, 0.4) is 0 Å². The number of fused-ring (bicyclic) bond motifs is 2. The maximum absolute atomic E-state index is 11.9. The Morgan fingerprint density at radius 2 is 2.23 bits per heavy atom. The van der Waals surface area contributed by atoms with Gasteiger partial charge in [-0.15, -0.1) is 0 Å². The van der Waals surface area contributed by atoms with Crippen LogP contribution in [0, 0.1) is 5.92 Å². The third kappa shape index (κ3) is 1.25. The minimum atomic E-state index is 0.0304. The number of allylic oxidation sites excluding steroid dienone is 2. The van der Waals surface area contributed by atoms with Crippen LogP contribution in [0.25, 0.3) is 0 Å². The molecule has 2 fully saturated rings. The Morgan fingerprint density at radius 3 is 3.05 bits per heavy atom. The van der Waals surface area contributed by atoms with Crippen molar-refractivity contribution in [2.24, 2.45) is 5.92 Å². The molecule has 2 saturated heterocycles. The van der Waals surface area contributed by atoms with Gasteiger partial charge in [-0.3, -0.25) is 9.69 Å². The molecule has 112 valence electrons. The second-order valence-corrected chi connectivity index (χ2v) is 6.98. The summed E-state index contributed by atoms with van der Waals surface area (Å²) >= 11 is 0. The van der Waals surface area contributed by atoms with Gasteiger partial charge in [0.25, 0.3) is 0 Å². The fourth-order valence-corrected chi connectivity index (χ4v) is 5.44. The number of para-hydroxylation sites is 1. The Morgan fingerprint density at radius 1 is 1.36 bits per heavy atom. The van der Waals surface area contributed by atoms with E-state index in [0.29, 0.717) is 12.0 Å². The summed E-state index contributed by atoms with van der Waals surface area (Å²) in [6.07, 6.45) is 5.55. The lowest BCUT2D eigenvalue weighted by Gasteiger charge is -2.48. The zero-order chi connectivity index (χ0) is 14.9. The van der Waals surface area contributed by atoms with Crippen LogP contribution in [0.4, 0.5) is 5.69 Å². The van der Waals surface area contributed by atoms with Crippen LogP contribution in [0.2, 0.25) is 0 Å². The first-order valence-electron chi connectivity index (χ1n) is 8.25. The predicted octanol–water partition coefficient (Wildman–Crippen LogP) is 2.86. The summed E-state index contributed by atoms with van der Waals surface area (Å²) in [4.78, 5) is 14.6. The van der Waals surface area contributed by atoms with Crippen LogP contribution in [-0.2, 0) is 10.2 Å². The lowest BCUT2D eigenvalue weighted by Crippen LogP contribution is -2.52. The topological polar surface area (TPSA) is 32.3 Å². The Hall–Kier alpha value is -1.87. The average Bonchev–Trinajstić information content (AvgIpc) is 3.11. The van der Waals surface area contributed by atoms with E-state index in [9.17, 15) is 4.79 Å². The highest BCUT2D eigenvalue weighted by atomic mass is 16.1. The number of benzene rings is 1. The number of piperidine rings is 1. The fraction of sp³-hybridized carbons (Fsp3) is 0.421. The molecule has 0 amide bonds. The number of hydrogen-bond donors (Lipinski definition) is 1. The molecule has 4 aliphatic rings. The van der Waals surface area contributed by atoms with E-state index in [4.69, 9.17) is 0 Å². The van der Waals surface area contributed by atoms with Crippen molar-refractivity contribution in [3.05, 3.63) is 52.7 Å². The molecule has 22 heavy (non-hydrogen) atoms. The first kappa shape index (κ1) is 12.7. The first-order chi connectivity index (χ1) is 10.8. The van der Waals surface area contributed by atoms with Crippen LogP contribution in [-0.4, -0.2) is 30.3 Å². The van der Waals surface area contributed by atoms with Crippen molar-refractivity contribution >= 4 is 12.0 Å². The van der Waals surface area contributed by atoms with Gasteiger partial charge in [0.2, 0.25) is 0 Å². The molecule has 3 unspecified atom stereocenters. The second-order valence-electron chi connectivity index (χ2n) is 6.98. The monoisotopic (exact) mass is 292 g/mol. The summed E-state index contributed by atoms with van der Waals surface area (Å²) in [5.41, 5.74) is 6.25. The molecule has 1 N–H and O–H groups in total. The van der Waals surface area contributed by atoms with Gasteiger partial charge in [-0.05, 0) is 31.4 Å². The predicted molar refractivity (Wildman–Crippen MR) is 86.7 cm³/mol. The molecular formula is C19H20N2O. The molecule has 3 heteroatoms. The lowest BCUT2D eigenvalue weighted by molar-refractivity contribution is -0.105. The van der Waals surface area contributed by atoms with E-state index in [1.54, 1.807) is 0 Å². The molecule has 3 nitrogen and oxygen atoms in total. The minimum absolute atomic E-state index is 0.0304. The van der Waals surface area contributed by atoms with E-state index in [-0.39, 0.29) is 5.41 Å². The van der Waals surface area contributed by atoms with Crippen molar-refractivity contribution < 1.29 is 4.79 Å². The molecular weight excluding hydrogens is 272 g/mol. The van der Waals surface area contributed by atoms with Gasteiger partial charge in [0.05, 0.1) is 5.41 Å². The van der Waals surface area contributed by atoms with Crippen LogP contribution < -0.4 is 5.32 Å². The molecule has 5 rings (SSSR count). The molecule has 1 aromatic rings. The summed E-state index contributed by atoms with van der Waals surface area (Å²) < 4.78 is 0. The van der Waals surface area contributed by atoms with Gasteiger partial charge in [-0.2, -0.15) is 0 Å². The van der Waals surface area contributed by atoms with Crippen molar-refractivity contribution in [2.45, 2.75) is 31.2 Å². The molecule has 1 spiro atoms. The number of nitrogens with zero attached hydrogens (tertiary/aromatic N) is 1. The Bertz CT molecular complexity index is 748. The van der Waals surface area contributed by atoms with Gasteiger partial charge in [0.15, 0.2) is 0 Å². The molecule has 1 aromatic carbocycles. The number of nitrogens with one attached hydrogen (secondary N) is 1. The highest BCUT2D eigenvalue weighted by Gasteiger charge is 2.60. The maximum atomic E-state index is 11.9. The van der Waals surface area contributed by atoms with Gasteiger partial charge in [-0.25, -0.2) is 0 Å². The smallest absolute Gasteiger partial charge is 0.148 e. The van der Waals surface area contributed by atoms with Gasteiger partial charge < -0.3 is 5.32 Å². The van der Waals surface area contributed by atoms with Crippen LogP contribution >= 0.6 is 0 Å². The molecule has 0 radical (unpaired) electrons. The summed E-state index contributed by atoms with van der Waals surface area (Å²) in [5, 5.41) is 3.62. The highest BCUT2D eigenvalue weighted by molar-refractivity contribution is 5.84. The van der Waals surface area contributed by atoms with Gasteiger partial charge in [0, 0.05) is 42.0 Å². The zero-order valence-corrected chi connectivity index (χ0v) is 12.8. The third-order valence-corrected chi connectivity index (χ3v) is 6.37. The van der Waals surface area contributed by atoms with E-state index < -0.39 is 0 Å². The van der Waals surface area contributed by atoms with E-state index >= 15 is 0 Å². The number of rotatable bonds is 1. The largest absolute Gasteiger partial charge is 0.358 e. The number of carbonyl (C=O) groups excluding carboxylic acids is 1. The minimum Gasteiger partial charge on any atom is -0.358 e. The van der Waals surface area contributed by atoms with Gasteiger partial charge in [-0.1, -0.05) is 29.8 Å². The maximum Gasteiger partial charge on any atom is 0.148 e. The molecule has 0 saturated carbocycles. The summed E-state index contributed by atoms with van der Waals surface area (Å²) in [6.45, 7) is 4.26. The fourth-order valence-electron chi connectivity index (χ4n) is 5.44. The number of anilines is 1. The van der Waals surface area contributed by atoms with Crippen LogP contribution in [0.15, 0.2) is 47.2 Å².